The molecule has 10 nitrogen and oxygen atoms in total. The predicted octanol–water partition coefficient (Wildman–Crippen LogP) is 3.56. The molecule has 4 aromatic rings. The van der Waals surface area contributed by atoms with Crippen LogP contribution in [-0.2, 0) is 0 Å². The smallest absolute Gasteiger partial charge is 0.253 e. The van der Waals surface area contributed by atoms with Crippen LogP contribution in [0, 0.1) is 0 Å². The van der Waals surface area contributed by atoms with Gasteiger partial charge in [0.05, 0.1) is 31.5 Å². The first-order valence-electron chi connectivity index (χ1n) is 13.3. The molecule has 10 heteroatoms. The summed E-state index contributed by atoms with van der Waals surface area (Å²) >= 11 is 0. The molecule has 1 aliphatic carbocycles. The number of aromatic nitrogens is 5. The van der Waals surface area contributed by atoms with Crippen LogP contribution >= 0.6 is 0 Å². The number of nitrogens with one attached hydrogen (secondary N) is 1. The average Bonchev–Trinajstić information content (AvgIpc) is 3.66. The average molecular weight is 516 g/mol. The van der Waals surface area contributed by atoms with E-state index in [1.165, 1.54) is 12.8 Å². The van der Waals surface area contributed by atoms with Gasteiger partial charge in [0.1, 0.15) is 17.5 Å². The van der Waals surface area contributed by atoms with Crippen molar-refractivity contribution in [2.75, 3.05) is 45.3 Å². The number of ether oxygens (including phenoxy) is 2. The van der Waals surface area contributed by atoms with Gasteiger partial charge in [-0.25, -0.2) is 4.68 Å². The van der Waals surface area contributed by atoms with Crippen LogP contribution in [0.3, 0.4) is 0 Å². The monoisotopic (exact) mass is 515 g/mol. The largest absolute Gasteiger partial charge is 0.497 e. The van der Waals surface area contributed by atoms with E-state index < -0.39 is 0 Å². The molecular formula is C28H33N7O3. The van der Waals surface area contributed by atoms with E-state index in [4.69, 9.17) is 9.47 Å². The molecule has 38 heavy (non-hydrogen) atoms. The second kappa shape index (κ2) is 10.4. The zero-order valence-corrected chi connectivity index (χ0v) is 21.8. The fourth-order valence-electron chi connectivity index (χ4n) is 5.93. The normalized spacial score (nSPS) is 17.7. The SMILES string of the molecule is COc1ccc2cc([C@H](c3nnnn3C3CCCC3)N3CCN(c4ccccc4OC)CC3)c(=O)[nH]c2c1. The lowest BCUT2D eigenvalue weighted by Crippen LogP contribution is -2.49. The lowest BCUT2D eigenvalue weighted by Gasteiger charge is -2.40. The number of aromatic amines is 1. The molecule has 1 aliphatic heterocycles. The molecule has 2 aliphatic rings. The van der Waals surface area contributed by atoms with Crippen LogP contribution in [0.4, 0.5) is 5.69 Å². The summed E-state index contributed by atoms with van der Waals surface area (Å²) in [5.74, 6) is 2.31. The number of hydrogen-bond donors (Lipinski definition) is 1. The lowest BCUT2D eigenvalue weighted by molar-refractivity contribution is 0.196. The zero-order valence-electron chi connectivity index (χ0n) is 21.8. The Hall–Kier alpha value is -3.92. The van der Waals surface area contributed by atoms with Crippen molar-refractivity contribution in [2.45, 2.75) is 37.8 Å². The van der Waals surface area contributed by atoms with E-state index >= 15 is 0 Å². The number of methoxy groups -OCH3 is 2. The number of para-hydroxylation sites is 2. The third kappa shape index (κ3) is 4.49. The van der Waals surface area contributed by atoms with Gasteiger partial charge in [-0.05, 0) is 59.0 Å². The third-order valence-electron chi connectivity index (χ3n) is 7.92. The van der Waals surface area contributed by atoms with Crippen LogP contribution in [0.5, 0.6) is 11.5 Å². The molecule has 1 saturated carbocycles. The number of rotatable bonds is 7. The summed E-state index contributed by atoms with van der Waals surface area (Å²) in [4.78, 5) is 21.3. The van der Waals surface area contributed by atoms with Crippen LogP contribution in [-0.4, -0.2) is 70.5 Å². The van der Waals surface area contributed by atoms with E-state index in [0.717, 1.165) is 67.2 Å². The standard InChI is InChI=1S/C28H33N7O3/c1-37-21-12-11-19-17-22(28(36)29-23(19)18-21)26(27-30-31-32-35(27)20-7-3-4-8-20)34-15-13-33(14-16-34)24-9-5-6-10-25(24)38-2/h5-6,9-12,17-18,20,26H,3-4,7-8,13-16H2,1-2H3,(H,29,36)/t26-/m1/s1. The minimum Gasteiger partial charge on any atom is -0.497 e. The quantitative estimate of drug-likeness (QED) is 0.399. The molecular weight excluding hydrogens is 482 g/mol. The Labute approximate surface area is 221 Å². The van der Waals surface area contributed by atoms with Crippen LogP contribution < -0.4 is 19.9 Å². The molecule has 0 radical (unpaired) electrons. The second-order valence-electron chi connectivity index (χ2n) is 10.0. The summed E-state index contributed by atoms with van der Waals surface area (Å²) in [5.41, 5.74) is 2.35. The maximum atomic E-state index is 13.6. The van der Waals surface area contributed by atoms with Crippen molar-refractivity contribution in [3.05, 3.63) is 70.3 Å². The van der Waals surface area contributed by atoms with Gasteiger partial charge in [0, 0.05) is 37.8 Å². The fraction of sp³-hybridized carbons (Fsp3) is 0.429. The topological polar surface area (TPSA) is 101 Å². The minimum atomic E-state index is -0.360. The van der Waals surface area contributed by atoms with E-state index in [0.29, 0.717) is 11.3 Å². The van der Waals surface area contributed by atoms with Gasteiger partial charge in [-0.3, -0.25) is 9.69 Å². The predicted molar refractivity (Wildman–Crippen MR) is 145 cm³/mol. The zero-order chi connectivity index (χ0) is 26.1. The van der Waals surface area contributed by atoms with Gasteiger partial charge in [-0.2, -0.15) is 0 Å². The Morgan fingerprint density at radius 1 is 0.974 bits per heavy atom. The molecule has 0 amide bonds. The Kier molecular flexibility index (Phi) is 6.71. The molecule has 198 valence electrons. The Bertz CT molecular complexity index is 1470. The van der Waals surface area contributed by atoms with Crippen molar-refractivity contribution in [3.63, 3.8) is 0 Å². The maximum Gasteiger partial charge on any atom is 0.253 e. The van der Waals surface area contributed by atoms with E-state index in [-0.39, 0.29) is 17.6 Å². The molecule has 0 unspecified atom stereocenters. The molecule has 3 heterocycles. The second-order valence-corrected chi connectivity index (χ2v) is 10.0. The highest BCUT2D eigenvalue weighted by Gasteiger charge is 2.35. The molecule has 0 spiro atoms. The summed E-state index contributed by atoms with van der Waals surface area (Å²) in [6.07, 6.45) is 4.45. The lowest BCUT2D eigenvalue weighted by atomic mass is 10.0. The summed E-state index contributed by atoms with van der Waals surface area (Å²) in [6.45, 7) is 3.09. The van der Waals surface area contributed by atoms with Gasteiger partial charge in [-0.15, -0.1) is 5.10 Å². The molecule has 6 rings (SSSR count). The highest BCUT2D eigenvalue weighted by molar-refractivity contribution is 5.80. The number of benzene rings is 2. The van der Waals surface area contributed by atoms with E-state index in [2.05, 4.69) is 36.4 Å². The first-order valence-corrected chi connectivity index (χ1v) is 13.3. The van der Waals surface area contributed by atoms with Gasteiger partial charge in [0.15, 0.2) is 5.82 Å². The molecule has 2 aromatic carbocycles. The van der Waals surface area contributed by atoms with Crippen molar-refractivity contribution < 1.29 is 9.47 Å². The van der Waals surface area contributed by atoms with Crippen molar-refractivity contribution in [1.82, 2.24) is 30.1 Å². The van der Waals surface area contributed by atoms with Gasteiger partial charge < -0.3 is 19.4 Å². The van der Waals surface area contributed by atoms with Crippen molar-refractivity contribution in [1.29, 1.82) is 0 Å². The van der Waals surface area contributed by atoms with Crippen LogP contribution in [0.25, 0.3) is 10.9 Å². The number of tetrazole rings is 1. The first kappa shape index (κ1) is 24.4. The number of pyridine rings is 1. The van der Waals surface area contributed by atoms with Gasteiger partial charge >= 0.3 is 0 Å². The van der Waals surface area contributed by atoms with Gasteiger partial charge in [0.25, 0.3) is 5.56 Å². The fourth-order valence-corrected chi connectivity index (χ4v) is 5.93. The molecule has 0 bridgehead atoms. The van der Waals surface area contributed by atoms with E-state index in [1.807, 2.05) is 47.1 Å². The molecule has 1 N–H and O–H groups in total. The van der Waals surface area contributed by atoms with Crippen molar-refractivity contribution in [3.8, 4) is 11.5 Å². The Morgan fingerprint density at radius 2 is 1.76 bits per heavy atom. The first-order chi connectivity index (χ1) is 18.7. The van der Waals surface area contributed by atoms with Crippen molar-refractivity contribution in [2.24, 2.45) is 0 Å². The number of anilines is 1. The van der Waals surface area contributed by atoms with Crippen LogP contribution in [0.15, 0.2) is 53.3 Å². The number of fused-ring (bicyclic) bond motifs is 1. The summed E-state index contributed by atoms with van der Waals surface area (Å²) in [6, 6.07) is 15.7. The van der Waals surface area contributed by atoms with Crippen LogP contribution in [0.1, 0.15) is 49.2 Å². The number of hydrogen-bond acceptors (Lipinski definition) is 8. The minimum absolute atomic E-state index is 0.135. The molecule has 1 saturated heterocycles. The Balaban J connectivity index is 1.38. The summed E-state index contributed by atoms with van der Waals surface area (Å²) in [5, 5.41) is 14.0. The number of nitrogens with zero attached hydrogens (tertiary/aromatic N) is 6. The summed E-state index contributed by atoms with van der Waals surface area (Å²) in [7, 11) is 3.33. The van der Waals surface area contributed by atoms with Gasteiger partial charge in [-0.1, -0.05) is 25.0 Å². The molecule has 2 aromatic heterocycles. The van der Waals surface area contributed by atoms with E-state index in [9.17, 15) is 4.79 Å². The van der Waals surface area contributed by atoms with Crippen LogP contribution in [0.2, 0.25) is 0 Å². The number of piperazine rings is 1. The molecule has 2 fully saturated rings. The van der Waals surface area contributed by atoms with E-state index in [1.54, 1.807) is 14.2 Å². The number of H-pyrrole nitrogens is 1. The molecule has 1 atom stereocenters. The van der Waals surface area contributed by atoms with Gasteiger partial charge in [0.2, 0.25) is 0 Å². The highest BCUT2D eigenvalue weighted by Crippen LogP contribution is 2.35. The summed E-state index contributed by atoms with van der Waals surface area (Å²) < 4.78 is 12.9. The Morgan fingerprint density at radius 3 is 2.53 bits per heavy atom. The highest BCUT2D eigenvalue weighted by atomic mass is 16.5. The third-order valence-corrected chi connectivity index (χ3v) is 7.92. The van der Waals surface area contributed by atoms with Crippen molar-refractivity contribution >= 4 is 16.6 Å². The maximum absolute atomic E-state index is 13.6.